The van der Waals surface area contributed by atoms with E-state index in [0.717, 1.165) is 51.7 Å². The van der Waals surface area contributed by atoms with Gasteiger partial charge in [0.05, 0.1) is 11.6 Å². The van der Waals surface area contributed by atoms with Crippen molar-refractivity contribution >= 4 is 16.8 Å². The Balaban J connectivity index is 1.40. The van der Waals surface area contributed by atoms with Gasteiger partial charge in [0.2, 0.25) is 5.91 Å². The minimum Gasteiger partial charge on any atom is -0.490 e. The maximum absolute atomic E-state index is 12.8. The van der Waals surface area contributed by atoms with E-state index < -0.39 is 12.7 Å². The molecule has 0 spiro atoms. The molecule has 1 aromatic heterocycles. The van der Waals surface area contributed by atoms with Crippen molar-refractivity contribution in [3.05, 3.63) is 30.5 Å². The van der Waals surface area contributed by atoms with Crippen LogP contribution in [-0.2, 0) is 11.3 Å². The van der Waals surface area contributed by atoms with Gasteiger partial charge in [-0.15, -0.1) is 0 Å². The Morgan fingerprint density at radius 1 is 1.10 bits per heavy atom. The number of piperidine rings is 1. The Morgan fingerprint density at radius 3 is 2.66 bits per heavy atom. The number of benzene rings is 1. The zero-order valence-corrected chi connectivity index (χ0v) is 16.3. The zero-order chi connectivity index (χ0) is 20.4. The van der Waals surface area contributed by atoms with Crippen LogP contribution in [0.3, 0.4) is 0 Å². The minimum atomic E-state index is -4.26. The molecule has 158 valence electrons. The average molecular weight is 409 g/mol. The number of carbonyl (C=O) groups is 1. The summed E-state index contributed by atoms with van der Waals surface area (Å²) < 4.78 is 45.7. The summed E-state index contributed by atoms with van der Waals surface area (Å²) in [6.45, 7) is 1.32. The summed E-state index contributed by atoms with van der Waals surface area (Å²) in [5, 5.41) is 3.68. The summed E-state index contributed by atoms with van der Waals surface area (Å²) in [4.78, 5) is 14.5. The summed E-state index contributed by atoms with van der Waals surface area (Å²) in [5.41, 5.74) is 0.521. The number of aromatic nitrogens is 1. The van der Waals surface area contributed by atoms with Crippen LogP contribution in [0.15, 0.2) is 30.5 Å². The van der Waals surface area contributed by atoms with Gasteiger partial charge < -0.3 is 14.6 Å². The van der Waals surface area contributed by atoms with Gasteiger partial charge in [0, 0.05) is 31.2 Å². The van der Waals surface area contributed by atoms with Crippen LogP contribution in [0.25, 0.3) is 10.9 Å². The maximum Gasteiger partial charge on any atom is 0.406 e. The largest absolute Gasteiger partial charge is 0.490 e. The third-order valence-electron chi connectivity index (χ3n) is 5.84. The molecule has 0 saturated carbocycles. The Hall–Kier alpha value is -2.22. The van der Waals surface area contributed by atoms with Crippen LogP contribution in [0, 0.1) is 0 Å². The van der Waals surface area contributed by atoms with E-state index in [1.807, 2.05) is 6.07 Å². The van der Waals surface area contributed by atoms with E-state index in [1.54, 1.807) is 18.2 Å². The molecule has 8 heteroatoms. The second kappa shape index (κ2) is 8.26. The molecule has 5 nitrogen and oxygen atoms in total. The van der Waals surface area contributed by atoms with Crippen molar-refractivity contribution in [3.8, 4) is 5.75 Å². The molecular formula is C21H26F3N3O2. The fraction of sp³-hybridized carbons (Fsp3) is 0.571. The van der Waals surface area contributed by atoms with E-state index in [2.05, 4.69) is 10.2 Å². The third-order valence-corrected chi connectivity index (χ3v) is 5.84. The van der Waals surface area contributed by atoms with Crippen LogP contribution < -0.4 is 10.1 Å². The van der Waals surface area contributed by atoms with Crippen molar-refractivity contribution in [2.24, 2.45) is 0 Å². The van der Waals surface area contributed by atoms with Crippen molar-refractivity contribution in [1.29, 1.82) is 0 Å². The third kappa shape index (κ3) is 4.69. The van der Waals surface area contributed by atoms with Gasteiger partial charge in [-0.3, -0.25) is 9.69 Å². The monoisotopic (exact) mass is 409 g/mol. The highest BCUT2D eigenvalue weighted by molar-refractivity contribution is 5.86. The van der Waals surface area contributed by atoms with E-state index in [0.29, 0.717) is 16.7 Å². The highest BCUT2D eigenvalue weighted by atomic mass is 19.4. The number of carbonyl (C=O) groups excluding carboxylic acids is 1. The van der Waals surface area contributed by atoms with Gasteiger partial charge in [-0.2, -0.15) is 13.2 Å². The fourth-order valence-electron chi connectivity index (χ4n) is 4.39. The Bertz CT molecular complexity index is 856. The molecule has 2 aromatic rings. The molecule has 1 unspecified atom stereocenters. The van der Waals surface area contributed by atoms with Crippen molar-refractivity contribution in [3.63, 3.8) is 0 Å². The van der Waals surface area contributed by atoms with Crippen LogP contribution in [-0.4, -0.2) is 53.3 Å². The van der Waals surface area contributed by atoms with Crippen LogP contribution in [0.2, 0.25) is 0 Å². The van der Waals surface area contributed by atoms with Gasteiger partial charge in [0.15, 0.2) is 0 Å². The number of alkyl halides is 3. The summed E-state index contributed by atoms with van der Waals surface area (Å²) >= 11 is 0. The number of nitrogens with one attached hydrogen (secondary N) is 1. The minimum absolute atomic E-state index is 0.00310. The number of ether oxygens (including phenoxy) is 1. The lowest BCUT2D eigenvalue weighted by Crippen LogP contribution is -2.50. The first-order valence-electron chi connectivity index (χ1n) is 10.2. The fourth-order valence-corrected chi connectivity index (χ4v) is 4.39. The molecule has 0 radical (unpaired) electrons. The number of halogens is 3. The van der Waals surface area contributed by atoms with Gasteiger partial charge in [-0.25, -0.2) is 0 Å². The number of nitrogens with zero attached hydrogens (tertiary/aromatic N) is 2. The molecule has 4 rings (SSSR count). The molecule has 0 aliphatic carbocycles. The smallest absolute Gasteiger partial charge is 0.406 e. The van der Waals surface area contributed by atoms with Gasteiger partial charge >= 0.3 is 6.18 Å². The van der Waals surface area contributed by atoms with E-state index in [9.17, 15) is 18.0 Å². The van der Waals surface area contributed by atoms with Crippen LogP contribution in [0.1, 0.15) is 32.1 Å². The highest BCUT2D eigenvalue weighted by Crippen LogP contribution is 2.31. The Kier molecular flexibility index (Phi) is 5.72. The second-order valence-corrected chi connectivity index (χ2v) is 7.90. The Labute approximate surface area is 167 Å². The van der Waals surface area contributed by atoms with Crippen molar-refractivity contribution < 1.29 is 22.7 Å². The first kappa shape index (κ1) is 20.1. The molecule has 3 heterocycles. The molecule has 2 aliphatic rings. The molecule has 2 aliphatic heterocycles. The molecule has 1 N–H and O–H groups in total. The summed E-state index contributed by atoms with van der Waals surface area (Å²) in [6, 6.07) is 6.85. The normalized spacial score (nSPS) is 22.4. The molecule has 29 heavy (non-hydrogen) atoms. The predicted octanol–water partition coefficient (Wildman–Crippen LogP) is 3.72. The molecule has 1 atom stereocenters. The number of likely N-dealkylation sites (tertiary alicyclic amines) is 1. The number of hydrogen-bond donors (Lipinski definition) is 1. The van der Waals surface area contributed by atoms with E-state index in [1.165, 1.54) is 10.8 Å². The lowest BCUT2D eigenvalue weighted by Gasteiger charge is -2.36. The second-order valence-electron chi connectivity index (χ2n) is 7.90. The van der Waals surface area contributed by atoms with Crippen LogP contribution in [0.5, 0.6) is 5.75 Å². The molecule has 0 bridgehead atoms. The summed E-state index contributed by atoms with van der Waals surface area (Å²) in [7, 11) is 0. The van der Waals surface area contributed by atoms with Gasteiger partial charge in [-0.05, 0) is 50.3 Å². The zero-order valence-electron chi connectivity index (χ0n) is 16.3. The first-order chi connectivity index (χ1) is 13.9. The van der Waals surface area contributed by atoms with E-state index in [-0.39, 0.29) is 18.1 Å². The van der Waals surface area contributed by atoms with Crippen molar-refractivity contribution in [2.75, 3.05) is 19.6 Å². The number of amides is 1. The molecule has 1 amide bonds. The quantitative estimate of drug-likeness (QED) is 0.837. The SMILES string of the molecule is O=C1NCCCCC1N1CCC(Oc2cccc3c2ccn3CC(F)(F)F)CC1. The summed E-state index contributed by atoms with van der Waals surface area (Å²) in [5.74, 6) is 0.742. The predicted molar refractivity (Wildman–Crippen MR) is 104 cm³/mol. The standard InChI is InChI=1S/C21H26F3N3O2/c22-21(23,24)14-27-13-9-16-17(27)5-3-6-19(16)29-15-7-11-26(12-8-15)18-4-1-2-10-25-20(18)28/h3,5-6,9,13,15,18H,1-2,4,7-8,10-12,14H2,(H,25,28). The molecule has 2 saturated heterocycles. The lowest BCUT2D eigenvalue weighted by atomic mass is 10.0. The maximum atomic E-state index is 12.8. The van der Waals surface area contributed by atoms with E-state index in [4.69, 9.17) is 4.74 Å². The van der Waals surface area contributed by atoms with Crippen LogP contribution >= 0.6 is 0 Å². The van der Waals surface area contributed by atoms with E-state index >= 15 is 0 Å². The van der Waals surface area contributed by atoms with Crippen molar-refractivity contribution in [1.82, 2.24) is 14.8 Å². The summed E-state index contributed by atoms with van der Waals surface area (Å²) in [6.07, 6.45) is 1.75. The lowest BCUT2D eigenvalue weighted by molar-refractivity contribution is -0.139. The highest BCUT2D eigenvalue weighted by Gasteiger charge is 2.31. The average Bonchev–Trinajstić information content (AvgIpc) is 2.94. The van der Waals surface area contributed by atoms with Crippen LogP contribution in [0.4, 0.5) is 13.2 Å². The number of hydrogen-bond acceptors (Lipinski definition) is 3. The Morgan fingerprint density at radius 2 is 1.90 bits per heavy atom. The molecule has 2 fully saturated rings. The van der Waals surface area contributed by atoms with Crippen molar-refractivity contribution in [2.45, 2.75) is 57.0 Å². The molecular weight excluding hydrogens is 383 g/mol. The number of fused-ring (bicyclic) bond motifs is 1. The first-order valence-corrected chi connectivity index (χ1v) is 10.2. The number of rotatable bonds is 4. The molecule has 1 aromatic carbocycles. The van der Waals surface area contributed by atoms with Gasteiger partial charge in [0.25, 0.3) is 0 Å². The van der Waals surface area contributed by atoms with Gasteiger partial charge in [-0.1, -0.05) is 6.07 Å². The topological polar surface area (TPSA) is 46.5 Å². The van der Waals surface area contributed by atoms with Gasteiger partial charge in [0.1, 0.15) is 18.4 Å².